The van der Waals surface area contributed by atoms with Gasteiger partial charge in [0.1, 0.15) is 17.5 Å². The summed E-state index contributed by atoms with van der Waals surface area (Å²) in [6, 6.07) is 9.33. The van der Waals surface area contributed by atoms with Crippen molar-refractivity contribution in [3.63, 3.8) is 0 Å². The van der Waals surface area contributed by atoms with Crippen LogP contribution in [-0.4, -0.2) is 50.1 Å². The Balaban J connectivity index is 1.42. The molecule has 4 nitrogen and oxygen atoms in total. The van der Waals surface area contributed by atoms with Crippen molar-refractivity contribution >= 4 is 11.6 Å². The maximum atomic E-state index is 13.6. The second-order valence-corrected chi connectivity index (χ2v) is 6.19. The average Bonchev–Trinajstić information content (AvgIpc) is 2.63. The molecule has 1 N–H and O–H groups in total. The first kappa shape index (κ1) is 18.3. The number of hydrogen-bond donors (Lipinski definition) is 1. The molecule has 0 radical (unpaired) electrons. The van der Waals surface area contributed by atoms with E-state index in [9.17, 15) is 18.0 Å². The highest BCUT2D eigenvalue weighted by Crippen LogP contribution is 2.16. The lowest BCUT2D eigenvalue weighted by Gasteiger charge is -2.36. The summed E-state index contributed by atoms with van der Waals surface area (Å²) in [6.45, 7) is 4.28. The second kappa shape index (κ2) is 8.23. The minimum Gasteiger partial charge on any atom is -0.369 e. The lowest BCUT2D eigenvalue weighted by Crippen LogP contribution is -2.48. The summed E-state index contributed by atoms with van der Waals surface area (Å²) in [4.78, 5) is 16.3. The van der Waals surface area contributed by atoms with Crippen molar-refractivity contribution in [1.82, 2.24) is 10.2 Å². The fourth-order valence-electron chi connectivity index (χ4n) is 2.98. The van der Waals surface area contributed by atoms with Crippen molar-refractivity contribution in [3.8, 4) is 0 Å². The van der Waals surface area contributed by atoms with E-state index < -0.39 is 17.5 Å². The van der Waals surface area contributed by atoms with E-state index in [2.05, 4.69) is 15.1 Å². The maximum Gasteiger partial charge on any atom is 0.254 e. The van der Waals surface area contributed by atoms with E-state index >= 15 is 0 Å². The summed E-state index contributed by atoms with van der Waals surface area (Å²) >= 11 is 0. The first-order chi connectivity index (χ1) is 12.5. The minimum absolute atomic E-state index is 0.160. The molecule has 0 bridgehead atoms. The van der Waals surface area contributed by atoms with Gasteiger partial charge in [0.15, 0.2) is 0 Å². The van der Waals surface area contributed by atoms with Gasteiger partial charge in [-0.1, -0.05) is 0 Å². The van der Waals surface area contributed by atoms with Crippen molar-refractivity contribution in [2.45, 2.75) is 0 Å². The molecule has 2 aromatic carbocycles. The normalized spacial score (nSPS) is 15.1. The van der Waals surface area contributed by atoms with Crippen LogP contribution in [0.1, 0.15) is 10.4 Å². The van der Waals surface area contributed by atoms with Crippen molar-refractivity contribution < 1.29 is 18.0 Å². The summed E-state index contributed by atoms with van der Waals surface area (Å²) in [5.41, 5.74) is 0.832. The van der Waals surface area contributed by atoms with Crippen molar-refractivity contribution in [2.75, 3.05) is 44.2 Å². The highest BCUT2D eigenvalue weighted by Gasteiger charge is 2.18. The fourth-order valence-corrected chi connectivity index (χ4v) is 2.98. The van der Waals surface area contributed by atoms with Crippen molar-refractivity contribution in [2.24, 2.45) is 0 Å². The smallest absolute Gasteiger partial charge is 0.254 e. The van der Waals surface area contributed by atoms with Gasteiger partial charge >= 0.3 is 0 Å². The Labute approximate surface area is 150 Å². The number of hydrogen-bond acceptors (Lipinski definition) is 3. The number of rotatable bonds is 5. The Bertz CT molecular complexity index is 759. The summed E-state index contributed by atoms with van der Waals surface area (Å²) in [6.07, 6.45) is 0. The number of anilines is 1. The van der Waals surface area contributed by atoms with Gasteiger partial charge in [0.05, 0.1) is 5.56 Å². The van der Waals surface area contributed by atoms with Crippen LogP contribution in [0.4, 0.5) is 18.9 Å². The lowest BCUT2D eigenvalue weighted by molar-refractivity contribution is 0.0943. The largest absolute Gasteiger partial charge is 0.369 e. The summed E-state index contributed by atoms with van der Waals surface area (Å²) < 4.78 is 39.4. The van der Waals surface area contributed by atoms with Gasteiger partial charge in [-0.2, -0.15) is 0 Å². The molecular weight excluding hydrogens is 343 g/mol. The first-order valence-corrected chi connectivity index (χ1v) is 8.49. The van der Waals surface area contributed by atoms with Gasteiger partial charge in [-0.3, -0.25) is 9.69 Å². The molecular formula is C19H20F3N3O. The SMILES string of the molecule is O=C(NCCN1CCN(c2ccc(F)cc2)CC1)c1ccc(F)cc1F. The zero-order chi connectivity index (χ0) is 18.5. The Kier molecular flexibility index (Phi) is 5.78. The summed E-state index contributed by atoms with van der Waals surface area (Å²) in [5, 5.41) is 2.66. The van der Waals surface area contributed by atoms with E-state index in [0.717, 1.165) is 44.0 Å². The van der Waals surface area contributed by atoms with Crippen LogP contribution < -0.4 is 10.2 Å². The van der Waals surface area contributed by atoms with Crippen LogP contribution in [0.5, 0.6) is 0 Å². The third-order valence-corrected chi connectivity index (χ3v) is 4.45. The Morgan fingerprint density at radius 2 is 1.58 bits per heavy atom. The molecule has 1 aliphatic heterocycles. The predicted molar refractivity (Wildman–Crippen MR) is 93.7 cm³/mol. The molecule has 0 saturated carbocycles. The highest BCUT2D eigenvalue weighted by atomic mass is 19.1. The van der Waals surface area contributed by atoms with Crippen LogP contribution in [0, 0.1) is 17.5 Å². The van der Waals surface area contributed by atoms with E-state index in [-0.39, 0.29) is 11.4 Å². The van der Waals surface area contributed by atoms with E-state index in [1.807, 2.05) is 0 Å². The standard InChI is InChI=1S/C19H20F3N3O/c20-14-1-4-16(5-2-14)25-11-9-24(10-12-25)8-7-23-19(26)17-6-3-15(21)13-18(17)22/h1-6,13H,7-12H2,(H,23,26). The number of amides is 1. The van der Waals surface area contributed by atoms with Crippen molar-refractivity contribution in [3.05, 3.63) is 65.5 Å². The molecule has 1 heterocycles. The number of piperazine rings is 1. The van der Waals surface area contributed by atoms with Gasteiger partial charge in [0, 0.05) is 51.0 Å². The number of nitrogens with one attached hydrogen (secondary N) is 1. The third-order valence-electron chi connectivity index (χ3n) is 4.45. The van der Waals surface area contributed by atoms with Gasteiger partial charge in [-0.25, -0.2) is 13.2 Å². The Morgan fingerprint density at radius 1 is 0.923 bits per heavy atom. The average molecular weight is 363 g/mol. The topological polar surface area (TPSA) is 35.6 Å². The van der Waals surface area contributed by atoms with Gasteiger partial charge in [0.2, 0.25) is 0 Å². The van der Waals surface area contributed by atoms with E-state index in [1.165, 1.54) is 12.1 Å². The Morgan fingerprint density at radius 3 is 2.23 bits per heavy atom. The molecule has 1 saturated heterocycles. The number of benzene rings is 2. The molecule has 0 aliphatic carbocycles. The molecule has 1 fully saturated rings. The third kappa shape index (κ3) is 4.54. The maximum absolute atomic E-state index is 13.6. The molecule has 1 aliphatic rings. The first-order valence-electron chi connectivity index (χ1n) is 8.49. The monoisotopic (exact) mass is 363 g/mol. The van der Waals surface area contributed by atoms with E-state index in [1.54, 1.807) is 12.1 Å². The van der Waals surface area contributed by atoms with E-state index in [4.69, 9.17) is 0 Å². The van der Waals surface area contributed by atoms with Crippen LogP contribution >= 0.6 is 0 Å². The van der Waals surface area contributed by atoms with Crippen molar-refractivity contribution in [1.29, 1.82) is 0 Å². The summed E-state index contributed by atoms with van der Waals surface area (Å²) in [5.74, 6) is -2.37. The molecule has 2 aromatic rings. The van der Waals surface area contributed by atoms with Crippen LogP contribution in [0.25, 0.3) is 0 Å². The molecule has 0 unspecified atom stereocenters. The molecule has 0 aromatic heterocycles. The van der Waals surface area contributed by atoms with Crippen LogP contribution in [0.3, 0.4) is 0 Å². The quantitative estimate of drug-likeness (QED) is 0.887. The minimum atomic E-state index is -0.865. The van der Waals surface area contributed by atoms with Gasteiger partial charge in [-0.05, 0) is 36.4 Å². The molecule has 1 amide bonds. The lowest BCUT2D eigenvalue weighted by atomic mass is 10.2. The van der Waals surface area contributed by atoms with Crippen LogP contribution in [-0.2, 0) is 0 Å². The number of carbonyl (C=O) groups excluding carboxylic acids is 1. The predicted octanol–water partition coefficient (Wildman–Crippen LogP) is 2.66. The van der Waals surface area contributed by atoms with Crippen LogP contribution in [0.15, 0.2) is 42.5 Å². The molecule has 26 heavy (non-hydrogen) atoms. The second-order valence-electron chi connectivity index (χ2n) is 6.19. The van der Waals surface area contributed by atoms with Gasteiger partial charge in [0.25, 0.3) is 5.91 Å². The highest BCUT2D eigenvalue weighted by molar-refractivity contribution is 5.94. The molecule has 0 spiro atoms. The molecule has 0 atom stereocenters. The van der Waals surface area contributed by atoms with E-state index in [0.29, 0.717) is 19.2 Å². The van der Waals surface area contributed by atoms with Gasteiger partial charge in [-0.15, -0.1) is 0 Å². The molecule has 138 valence electrons. The molecule has 3 rings (SSSR count). The number of nitrogens with zero attached hydrogens (tertiary/aromatic N) is 2. The molecule has 7 heteroatoms. The fraction of sp³-hybridized carbons (Fsp3) is 0.316. The summed E-state index contributed by atoms with van der Waals surface area (Å²) in [7, 11) is 0. The Hall–Kier alpha value is -2.54. The zero-order valence-electron chi connectivity index (χ0n) is 14.2. The zero-order valence-corrected chi connectivity index (χ0v) is 14.2. The number of carbonyl (C=O) groups is 1. The van der Waals surface area contributed by atoms with Gasteiger partial charge < -0.3 is 10.2 Å². The van der Waals surface area contributed by atoms with Crippen LogP contribution in [0.2, 0.25) is 0 Å². The number of halogens is 3.